The highest BCUT2D eigenvalue weighted by Crippen LogP contribution is 2.30. The number of hydrogen-bond acceptors (Lipinski definition) is 4. The molecule has 0 atom stereocenters. The maximum Gasteiger partial charge on any atom is 0.167 e. The lowest BCUT2D eigenvalue weighted by Gasteiger charge is -2.14. The van der Waals surface area contributed by atoms with E-state index in [2.05, 4.69) is 11.2 Å². The first-order valence-electron chi connectivity index (χ1n) is 6.25. The van der Waals surface area contributed by atoms with E-state index in [1.807, 2.05) is 18.2 Å². The van der Waals surface area contributed by atoms with Crippen molar-refractivity contribution < 1.29 is 14.2 Å². The van der Waals surface area contributed by atoms with Crippen molar-refractivity contribution in [2.24, 2.45) is 0 Å². The molecule has 0 saturated heterocycles. The van der Waals surface area contributed by atoms with E-state index in [1.54, 1.807) is 14.2 Å². The van der Waals surface area contributed by atoms with Gasteiger partial charge in [-0.3, -0.25) is 0 Å². The molecule has 112 valence electrons. The van der Waals surface area contributed by atoms with Gasteiger partial charge in [0, 0.05) is 25.8 Å². The molecule has 4 nitrogen and oxygen atoms in total. The van der Waals surface area contributed by atoms with Crippen molar-refractivity contribution >= 4 is 12.4 Å². The van der Waals surface area contributed by atoms with Crippen LogP contribution in [0, 0.1) is 12.3 Å². The van der Waals surface area contributed by atoms with Crippen molar-refractivity contribution in [3.8, 4) is 23.8 Å². The molecule has 0 unspecified atom stereocenters. The minimum atomic E-state index is 0. The predicted octanol–water partition coefficient (Wildman–Crippen LogP) is 2.26. The molecular formula is C15H22ClNO3. The van der Waals surface area contributed by atoms with E-state index in [4.69, 9.17) is 20.6 Å². The van der Waals surface area contributed by atoms with Gasteiger partial charge in [-0.1, -0.05) is 18.1 Å². The third kappa shape index (κ3) is 6.16. The molecule has 1 aromatic carbocycles. The molecule has 0 amide bonds. The molecule has 0 aliphatic heterocycles. The minimum absolute atomic E-state index is 0. The minimum Gasteiger partial charge on any atom is -0.493 e. The average Bonchev–Trinajstić information content (AvgIpc) is 2.45. The number of hydrogen-bond donors (Lipinski definition) is 1. The second-order valence-electron chi connectivity index (χ2n) is 3.96. The summed E-state index contributed by atoms with van der Waals surface area (Å²) in [5, 5.41) is 3.34. The third-order valence-corrected chi connectivity index (χ3v) is 2.60. The monoisotopic (exact) mass is 299 g/mol. The van der Waals surface area contributed by atoms with Gasteiger partial charge in [0.2, 0.25) is 0 Å². The fourth-order valence-electron chi connectivity index (χ4n) is 1.70. The molecule has 0 fully saturated rings. The quantitative estimate of drug-likeness (QED) is 0.561. The highest BCUT2D eigenvalue weighted by Gasteiger charge is 2.09. The number of methoxy groups -OCH3 is 2. The van der Waals surface area contributed by atoms with Gasteiger partial charge in [0.15, 0.2) is 11.5 Å². The lowest BCUT2D eigenvalue weighted by Crippen LogP contribution is -2.17. The molecule has 1 aromatic rings. The molecule has 1 N–H and O–H groups in total. The van der Waals surface area contributed by atoms with Crippen LogP contribution in [0.2, 0.25) is 0 Å². The molecule has 0 aromatic heterocycles. The van der Waals surface area contributed by atoms with Crippen LogP contribution in [-0.2, 0) is 11.3 Å². The summed E-state index contributed by atoms with van der Waals surface area (Å²) in [7, 11) is 3.32. The summed E-state index contributed by atoms with van der Waals surface area (Å²) < 4.78 is 15.8. The van der Waals surface area contributed by atoms with E-state index in [-0.39, 0.29) is 19.0 Å². The number of para-hydroxylation sites is 1. The Balaban J connectivity index is 0.00000361. The van der Waals surface area contributed by atoms with Crippen LogP contribution >= 0.6 is 12.4 Å². The summed E-state index contributed by atoms with van der Waals surface area (Å²) in [5.41, 5.74) is 1.03. The molecule has 0 aliphatic rings. The Morgan fingerprint density at radius 3 is 2.75 bits per heavy atom. The van der Waals surface area contributed by atoms with Gasteiger partial charge in [0.05, 0.1) is 7.11 Å². The number of nitrogens with one attached hydrogen (secondary N) is 1. The lowest BCUT2D eigenvalue weighted by molar-refractivity contribution is 0.194. The van der Waals surface area contributed by atoms with Crippen LogP contribution in [0.15, 0.2) is 18.2 Å². The Kier molecular flexibility index (Phi) is 10.6. The van der Waals surface area contributed by atoms with Gasteiger partial charge < -0.3 is 19.5 Å². The zero-order valence-electron chi connectivity index (χ0n) is 12.0. The van der Waals surface area contributed by atoms with Crippen molar-refractivity contribution in [3.05, 3.63) is 23.8 Å². The molecule has 0 bridgehead atoms. The molecule has 0 aliphatic carbocycles. The van der Waals surface area contributed by atoms with Gasteiger partial charge in [0.1, 0.15) is 6.61 Å². The summed E-state index contributed by atoms with van der Waals surface area (Å²) in [6.45, 7) is 2.59. The molecule has 0 spiro atoms. The Morgan fingerprint density at radius 2 is 2.10 bits per heavy atom. The van der Waals surface area contributed by atoms with Crippen LogP contribution in [0.4, 0.5) is 0 Å². The summed E-state index contributed by atoms with van der Waals surface area (Å²) in [5.74, 6) is 3.87. The molecule has 0 heterocycles. The van der Waals surface area contributed by atoms with E-state index in [9.17, 15) is 0 Å². The molecule has 20 heavy (non-hydrogen) atoms. The van der Waals surface area contributed by atoms with Crippen LogP contribution in [0.25, 0.3) is 0 Å². The highest BCUT2D eigenvalue weighted by molar-refractivity contribution is 5.85. The Labute approximate surface area is 127 Å². The molecule has 1 rings (SSSR count). The third-order valence-electron chi connectivity index (χ3n) is 2.60. The van der Waals surface area contributed by atoms with Crippen LogP contribution in [0.5, 0.6) is 11.5 Å². The molecule has 5 heteroatoms. The van der Waals surface area contributed by atoms with E-state index in [0.717, 1.165) is 25.1 Å². The predicted molar refractivity (Wildman–Crippen MR) is 82.8 cm³/mol. The second-order valence-corrected chi connectivity index (χ2v) is 3.96. The summed E-state index contributed by atoms with van der Waals surface area (Å²) in [6.07, 6.45) is 6.20. The zero-order chi connectivity index (χ0) is 13.9. The Morgan fingerprint density at radius 1 is 1.30 bits per heavy atom. The van der Waals surface area contributed by atoms with Crippen molar-refractivity contribution in [3.63, 3.8) is 0 Å². The van der Waals surface area contributed by atoms with Crippen molar-refractivity contribution in [1.82, 2.24) is 5.32 Å². The first kappa shape index (κ1) is 18.6. The standard InChI is InChI=1S/C15H21NO3.ClH/c1-4-10-19-15-13(7-5-8-14(15)18-3)12-16-9-6-11-17-2;/h1,5,7-8,16H,6,9-12H2,2-3H3;1H. The summed E-state index contributed by atoms with van der Waals surface area (Å²) in [4.78, 5) is 0. The molecule has 0 saturated carbocycles. The Bertz CT molecular complexity index is 418. The van der Waals surface area contributed by atoms with Crippen LogP contribution in [0.3, 0.4) is 0 Å². The largest absolute Gasteiger partial charge is 0.493 e. The number of ether oxygens (including phenoxy) is 3. The number of benzene rings is 1. The van der Waals surface area contributed by atoms with Gasteiger partial charge in [-0.05, 0) is 19.0 Å². The van der Waals surface area contributed by atoms with E-state index < -0.39 is 0 Å². The topological polar surface area (TPSA) is 39.7 Å². The van der Waals surface area contributed by atoms with Gasteiger partial charge in [-0.15, -0.1) is 18.8 Å². The van der Waals surface area contributed by atoms with E-state index >= 15 is 0 Å². The normalized spacial score (nSPS) is 9.45. The summed E-state index contributed by atoms with van der Waals surface area (Å²) >= 11 is 0. The first-order valence-corrected chi connectivity index (χ1v) is 6.25. The van der Waals surface area contributed by atoms with Crippen LogP contribution < -0.4 is 14.8 Å². The van der Waals surface area contributed by atoms with Crippen LogP contribution in [-0.4, -0.2) is 34.0 Å². The fourth-order valence-corrected chi connectivity index (χ4v) is 1.70. The number of terminal acetylenes is 1. The number of halogens is 1. The molecule has 0 radical (unpaired) electrons. The second kappa shape index (κ2) is 11.4. The lowest BCUT2D eigenvalue weighted by atomic mass is 10.2. The first-order chi connectivity index (χ1) is 9.33. The van der Waals surface area contributed by atoms with Crippen molar-refractivity contribution in [2.45, 2.75) is 13.0 Å². The number of rotatable bonds is 9. The highest BCUT2D eigenvalue weighted by atomic mass is 35.5. The SMILES string of the molecule is C#CCOc1c(CNCCCOC)cccc1OC.Cl. The average molecular weight is 300 g/mol. The van der Waals surface area contributed by atoms with E-state index in [1.165, 1.54) is 0 Å². The maximum atomic E-state index is 5.56. The molecular weight excluding hydrogens is 278 g/mol. The van der Waals surface area contributed by atoms with Gasteiger partial charge in [0.25, 0.3) is 0 Å². The van der Waals surface area contributed by atoms with Crippen LogP contribution in [0.1, 0.15) is 12.0 Å². The summed E-state index contributed by atoms with van der Waals surface area (Å²) in [6, 6.07) is 5.80. The van der Waals surface area contributed by atoms with E-state index in [0.29, 0.717) is 18.0 Å². The van der Waals surface area contributed by atoms with Gasteiger partial charge in [-0.2, -0.15) is 0 Å². The van der Waals surface area contributed by atoms with Crippen molar-refractivity contribution in [1.29, 1.82) is 0 Å². The fraction of sp³-hybridized carbons (Fsp3) is 0.467. The van der Waals surface area contributed by atoms with Gasteiger partial charge in [-0.25, -0.2) is 0 Å². The Hall–Kier alpha value is -1.41. The zero-order valence-corrected chi connectivity index (χ0v) is 12.8. The van der Waals surface area contributed by atoms with Gasteiger partial charge >= 0.3 is 0 Å². The maximum absolute atomic E-state index is 5.56. The van der Waals surface area contributed by atoms with Crippen molar-refractivity contribution in [2.75, 3.05) is 34.0 Å². The smallest absolute Gasteiger partial charge is 0.167 e.